The van der Waals surface area contributed by atoms with Crippen molar-refractivity contribution in [2.75, 3.05) is 19.7 Å². The van der Waals surface area contributed by atoms with Crippen LogP contribution >= 0.6 is 0 Å². The maximum Gasteiger partial charge on any atom is 0.314 e. The van der Waals surface area contributed by atoms with Crippen LogP contribution in [0.5, 0.6) is 0 Å². The van der Waals surface area contributed by atoms with Gasteiger partial charge in [0.1, 0.15) is 11.6 Å². The minimum absolute atomic E-state index is 0.0114. The van der Waals surface area contributed by atoms with Crippen LogP contribution in [-0.2, 0) is 0 Å². The molecule has 1 rings (SSSR count). The largest absolute Gasteiger partial charge is 0.396 e. The molecule has 1 aromatic carbocycles. The van der Waals surface area contributed by atoms with Crippen LogP contribution in [0.3, 0.4) is 0 Å². The summed E-state index contributed by atoms with van der Waals surface area (Å²) in [6, 6.07) is 3.02. The molecule has 0 radical (unpaired) electrons. The molecule has 0 fully saturated rings. The third kappa shape index (κ3) is 5.21. The highest BCUT2D eigenvalue weighted by Gasteiger charge is 2.12. The van der Waals surface area contributed by atoms with Crippen molar-refractivity contribution in [1.29, 1.82) is 0 Å². The van der Waals surface area contributed by atoms with Gasteiger partial charge >= 0.3 is 6.03 Å². The molecule has 106 valence electrons. The predicted octanol–water partition coefficient (Wildman–Crippen LogP) is 1.75. The summed E-state index contributed by atoms with van der Waals surface area (Å²) < 4.78 is 26.2. The average Bonchev–Trinajstić information content (AvgIpc) is 2.36. The van der Waals surface area contributed by atoms with E-state index < -0.39 is 11.6 Å². The summed E-state index contributed by atoms with van der Waals surface area (Å²) in [6.45, 7) is 2.37. The van der Waals surface area contributed by atoms with Crippen LogP contribution in [0.25, 0.3) is 0 Å². The molecule has 0 aromatic heterocycles. The summed E-state index contributed by atoms with van der Waals surface area (Å²) in [5.74, 6) is -1.50. The molecule has 1 aromatic rings. The number of amides is 2. The molecule has 0 spiro atoms. The molecule has 19 heavy (non-hydrogen) atoms. The summed E-state index contributed by atoms with van der Waals surface area (Å²) in [7, 11) is 0. The maximum atomic E-state index is 13.5. The second-order valence-electron chi connectivity index (χ2n) is 4.28. The van der Waals surface area contributed by atoms with Crippen LogP contribution in [0.4, 0.5) is 13.6 Å². The van der Waals surface area contributed by atoms with E-state index >= 15 is 0 Å². The quantitative estimate of drug-likeness (QED) is 0.691. The van der Waals surface area contributed by atoms with Crippen molar-refractivity contribution >= 4 is 6.03 Å². The van der Waals surface area contributed by atoms with Crippen molar-refractivity contribution in [1.82, 2.24) is 10.6 Å². The molecule has 3 N–H and O–H groups in total. The fourth-order valence-electron chi connectivity index (χ4n) is 1.60. The Bertz CT molecular complexity index is 427. The number of aliphatic hydroxyl groups is 1. The number of benzene rings is 1. The molecule has 0 aliphatic carbocycles. The standard InChI is InChI=1S/C13H18F2N2O2/c1-9(8-17-13(19)16-5-2-6-18)11-4-3-10(14)7-12(11)15/h3-4,7,9,18H,2,5-6,8H2,1H3,(H2,16,17,19)/t9-/m1/s1. The minimum atomic E-state index is -0.622. The number of halogens is 2. The van der Waals surface area contributed by atoms with Crippen molar-refractivity contribution in [3.8, 4) is 0 Å². The minimum Gasteiger partial charge on any atom is -0.396 e. The predicted molar refractivity (Wildman–Crippen MR) is 67.9 cm³/mol. The van der Waals surface area contributed by atoms with E-state index in [4.69, 9.17) is 5.11 Å². The maximum absolute atomic E-state index is 13.5. The lowest BCUT2D eigenvalue weighted by Gasteiger charge is -2.14. The van der Waals surface area contributed by atoms with Gasteiger partial charge in [-0.1, -0.05) is 13.0 Å². The third-order valence-corrected chi connectivity index (χ3v) is 2.68. The average molecular weight is 272 g/mol. The zero-order valence-electron chi connectivity index (χ0n) is 10.7. The van der Waals surface area contributed by atoms with E-state index in [0.717, 1.165) is 6.07 Å². The van der Waals surface area contributed by atoms with E-state index in [1.165, 1.54) is 12.1 Å². The molecular weight excluding hydrogens is 254 g/mol. The van der Waals surface area contributed by atoms with Gasteiger partial charge < -0.3 is 15.7 Å². The number of carbonyl (C=O) groups excluding carboxylic acids is 1. The van der Waals surface area contributed by atoms with Crippen molar-refractivity contribution in [2.45, 2.75) is 19.3 Å². The van der Waals surface area contributed by atoms with Gasteiger partial charge in [0, 0.05) is 31.7 Å². The van der Waals surface area contributed by atoms with Crippen LogP contribution in [0, 0.1) is 11.6 Å². The van der Waals surface area contributed by atoms with Gasteiger partial charge in [0.15, 0.2) is 0 Å². The molecule has 0 aliphatic heterocycles. The highest BCUT2D eigenvalue weighted by molar-refractivity contribution is 5.73. The van der Waals surface area contributed by atoms with Crippen LogP contribution in [0.15, 0.2) is 18.2 Å². The fraction of sp³-hybridized carbons (Fsp3) is 0.462. The molecule has 0 unspecified atom stereocenters. The first kappa shape index (κ1) is 15.4. The first-order chi connectivity index (χ1) is 9.04. The Labute approximate surface area is 110 Å². The zero-order chi connectivity index (χ0) is 14.3. The highest BCUT2D eigenvalue weighted by Crippen LogP contribution is 2.18. The topological polar surface area (TPSA) is 61.4 Å². The van der Waals surface area contributed by atoms with E-state index in [-0.39, 0.29) is 25.1 Å². The molecule has 4 nitrogen and oxygen atoms in total. The zero-order valence-corrected chi connectivity index (χ0v) is 10.7. The van der Waals surface area contributed by atoms with Crippen LogP contribution in [-0.4, -0.2) is 30.8 Å². The Morgan fingerprint density at radius 1 is 1.37 bits per heavy atom. The van der Waals surface area contributed by atoms with Gasteiger partial charge in [0.05, 0.1) is 0 Å². The number of carbonyl (C=O) groups is 1. The summed E-state index contributed by atoms with van der Waals surface area (Å²) in [6.07, 6.45) is 0.482. The van der Waals surface area contributed by atoms with E-state index in [2.05, 4.69) is 10.6 Å². The highest BCUT2D eigenvalue weighted by atomic mass is 19.1. The van der Waals surface area contributed by atoms with Crippen molar-refractivity contribution in [3.05, 3.63) is 35.4 Å². The Hall–Kier alpha value is -1.69. The van der Waals surface area contributed by atoms with E-state index in [0.29, 0.717) is 18.5 Å². The number of hydrogen-bond acceptors (Lipinski definition) is 2. The monoisotopic (exact) mass is 272 g/mol. The van der Waals surface area contributed by atoms with Crippen molar-refractivity contribution in [2.24, 2.45) is 0 Å². The first-order valence-electron chi connectivity index (χ1n) is 6.12. The van der Waals surface area contributed by atoms with Crippen LogP contribution in [0.1, 0.15) is 24.8 Å². The molecule has 0 bridgehead atoms. The molecule has 0 aliphatic rings. The first-order valence-corrected chi connectivity index (χ1v) is 6.12. The van der Waals surface area contributed by atoms with Crippen LogP contribution in [0.2, 0.25) is 0 Å². The number of urea groups is 1. The number of nitrogens with one attached hydrogen (secondary N) is 2. The Kier molecular flexibility index (Phi) is 6.21. The number of hydrogen-bond donors (Lipinski definition) is 3. The van der Waals surface area contributed by atoms with E-state index in [9.17, 15) is 13.6 Å². The lowest BCUT2D eigenvalue weighted by atomic mass is 10.0. The molecule has 0 saturated heterocycles. The molecule has 0 heterocycles. The smallest absolute Gasteiger partial charge is 0.314 e. The summed E-state index contributed by atoms with van der Waals surface area (Å²) in [4.78, 5) is 11.3. The molecular formula is C13H18F2N2O2. The van der Waals surface area contributed by atoms with Gasteiger partial charge in [0.25, 0.3) is 0 Å². The van der Waals surface area contributed by atoms with Crippen LogP contribution < -0.4 is 10.6 Å². The van der Waals surface area contributed by atoms with Crippen molar-refractivity contribution in [3.63, 3.8) is 0 Å². The van der Waals surface area contributed by atoms with Crippen molar-refractivity contribution < 1.29 is 18.7 Å². The van der Waals surface area contributed by atoms with Gasteiger partial charge in [0.2, 0.25) is 0 Å². The third-order valence-electron chi connectivity index (χ3n) is 2.68. The van der Waals surface area contributed by atoms with Gasteiger partial charge in [-0.05, 0) is 18.1 Å². The summed E-state index contributed by atoms with van der Waals surface area (Å²) in [5.41, 5.74) is 0.358. The number of rotatable bonds is 6. The molecule has 0 saturated carbocycles. The van der Waals surface area contributed by atoms with Gasteiger partial charge in [-0.25, -0.2) is 13.6 Å². The lowest BCUT2D eigenvalue weighted by Crippen LogP contribution is -2.38. The summed E-state index contributed by atoms with van der Waals surface area (Å²) >= 11 is 0. The molecule has 6 heteroatoms. The Balaban J connectivity index is 2.42. The van der Waals surface area contributed by atoms with Gasteiger partial charge in [-0.3, -0.25) is 0 Å². The number of aliphatic hydroxyl groups excluding tert-OH is 1. The molecule has 2 amide bonds. The Morgan fingerprint density at radius 2 is 2.11 bits per heavy atom. The van der Waals surface area contributed by atoms with E-state index in [1.54, 1.807) is 6.92 Å². The fourth-order valence-corrected chi connectivity index (χ4v) is 1.60. The van der Waals surface area contributed by atoms with Gasteiger partial charge in [-0.2, -0.15) is 0 Å². The second kappa shape index (κ2) is 7.68. The lowest BCUT2D eigenvalue weighted by molar-refractivity contribution is 0.237. The second-order valence-corrected chi connectivity index (χ2v) is 4.28. The SMILES string of the molecule is C[C@H](CNC(=O)NCCCO)c1ccc(F)cc1F. The van der Waals surface area contributed by atoms with E-state index in [1.807, 2.05) is 0 Å². The van der Waals surface area contributed by atoms with Gasteiger partial charge in [-0.15, -0.1) is 0 Å². The normalized spacial score (nSPS) is 12.0. The Morgan fingerprint density at radius 3 is 2.74 bits per heavy atom. The summed E-state index contributed by atoms with van der Waals surface area (Å²) in [5, 5.41) is 13.7. The molecule has 1 atom stereocenters.